The van der Waals surface area contributed by atoms with Crippen LogP contribution >= 0.6 is 0 Å². The fourth-order valence-electron chi connectivity index (χ4n) is 1.94. The lowest BCUT2D eigenvalue weighted by atomic mass is 10.1. The van der Waals surface area contributed by atoms with Crippen molar-refractivity contribution >= 4 is 0 Å². The zero-order valence-electron chi connectivity index (χ0n) is 10.7. The van der Waals surface area contributed by atoms with Crippen LogP contribution in [-0.4, -0.2) is 19.7 Å². The Hall–Kier alpha value is -1.79. The van der Waals surface area contributed by atoms with Crippen molar-refractivity contribution in [3.8, 4) is 0 Å². The molecule has 0 radical (unpaired) electrons. The number of rotatable bonds is 5. The van der Waals surface area contributed by atoms with Crippen LogP contribution in [0.5, 0.6) is 0 Å². The summed E-state index contributed by atoms with van der Waals surface area (Å²) in [6, 6.07) is 3.65. The van der Waals surface area contributed by atoms with Gasteiger partial charge in [-0.25, -0.2) is 15.4 Å². The Morgan fingerprint density at radius 2 is 2.22 bits per heavy atom. The third-order valence-electron chi connectivity index (χ3n) is 2.74. The second-order valence-electron chi connectivity index (χ2n) is 4.11. The molecule has 0 aliphatic carbocycles. The molecule has 0 aliphatic rings. The first kappa shape index (κ1) is 12.7. The number of hydrogen-bond acceptors (Lipinski definition) is 5. The molecule has 96 valence electrons. The molecule has 6 nitrogen and oxygen atoms in total. The molecule has 0 aliphatic heterocycles. The van der Waals surface area contributed by atoms with Crippen molar-refractivity contribution in [1.29, 1.82) is 0 Å². The summed E-state index contributed by atoms with van der Waals surface area (Å²) in [5.41, 5.74) is 4.66. The second-order valence-corrected chi connectivity index (χ2v) is 4.11. The average Bonchev–Trinajstić information content (AvgIpc) is 2.79. The van der Waals surface area contributed by atoms with Crippen LogP contribution in [-0.2, 0) is 6.54 Å². The molecule has 0 bridgehead atoms. The third-order valence-corrected chi connectivity index (χ3v) is 2.74. The highest BCUT2D eigenvalue weighted by Gasteiger charge is 2.18. The van der Waals surface area contributed by atoms with Crippen LogP contribution in [0.25, 0.3) is 0 Å². The number of hydrazine groups is 1. The minimum Gasteiger partial charge on any atom is -0.270 e. The van der Waals surface area contributed by atoms with Crippen LogP contribution in [0.15, 0.2) is 24.5 Å². The normalized spacial score (nSPS) is 12.6. The molecular weight excluding hydrogens is 228 g/mol. The highest BCUT2D eigenvalue weighted by atomic mass is 15.3. The van der Waals surface area contributed by atoms with Crippen LogP contribution in [0.2, 0.25) is 0 Å². The summed E-state index contributed by atoms with van der Waals surface area (Å²) >= 11 is 0. The lowest BCUT2D eigenvalue weighted by Crippen LogP contribution is -2.31. The minimum absolute atomic E-state index is 0.166. The van der Waals surface area contributed by atoms with E-state index in [1.165, 1.54) is 0 Å². The number of hydrogen-bond donors (Lipinski definition) is 2. The van der Waals surface area contributed by atoms with Gasteiger partial charge in [-0.1, -0.05) is 6.92 Å². The third kappa shape index (κ3) is 2.55. The molecule has 2 aromatic rings. The fourth-order valence-corrected chi connectivity index (χ4v) is 1.94. The molecule has 0 saturated carbocycles. The summed E-state index contributed by atoms with van der Waals surface area (Å²) in [6.07, 6.45) is 4.54. The topological polar surface area (TPSA) is 81.7 Å². The smallest absolute Gasteiger partial charge is 0.125 e. The van der Waals surface area contributed by atoms with Crippen molar-refractivity contribution in [3.05, 3.63) is 41.7 Å². The summed E-state index contributed by atoms with van der Waals surface area (Å²) in [5, 5.41) is 4.30. The summed E-state index contributed by atoms with van der Waals surface area (Å²) in [6.45, 7) is 4.84. The van der Waals surface area contributed by atoms with Crippen LogP contribution in [0.3, 0.4) is 0 Å². The van der Waals surface area contributed by atoms with E-state index < -0.39 is 0 Å². The van der Waals surface area contributed by atoms with Crippen molar-refractivity contribution in [2.75, 3.05) is 0 Å². The first-order valence-electron chi connectivity index (χ1n) is 6.03. The van der Waals surface area contributed by atoms with Gasteiger partial charge in [0.2, 0.25) is 0 Å². The summed E-state index contributed by atoms with van der Waals surface area (Å²) in [4.78, 5) is 8.50. The van der Waals surface area contributed by atoms with E-state index in [9.17, 15) is 0 Å². The highest BCUT2D eigenvalue weighted by Crippen LogP contribution is 2.19. The van der Waals surface area contributed by atoms with Gasteiger partial charge < -0.3 is 0 Å². The SMILES string of the molecule is CCCn1nccc1C(NN)c1ccnc(C)n1. The van der Waals surface area contributed by atoms with Crippen molar-refractivity contribution in [2.24, 2.45) is 5.84 Å². The van der Waals surface area contributed by atoms with E-state index in [4.69, 9.17) is 5.84 Å². The molecule has 2 rings (SSSR count). The van der Waals surface area contributed by atoms with Gasteiger partial charge in [0, 0.05) is 18.9 Å². The summed E-state index contributed by atoms with van der Waals surface area (Å²) in [7, 11) is 0. The van der Waals surface area contributed by atoms with Crippen LogP contribution in [0, 0.1) is 6.92 Å². The molecule has 1 atom stereocenters. The molecule has 2 aromatic heterocycles. The van der Waals surface area contributed by atoms with Crippen molar-refractivity contribution in [3.63, 3.8) is 0 Å². The predicted molar refractivity (Wildman–Crippen MR) is 68.5 cm³/mol. The molecule has 0 saturated heterocycles. The van der Waals surface area contributed by atoms with E-state index in [2.05, 4.69) is 27.4 Å². The molecule has 0 aromatic carbocycles. The van der Waals surface area contributed by atoms with Crippen LogP contribution < -0.4 is 11.3 Å². The molecule has 2 heterocycles. The van der Waals surface area contributed by atoms with Gasteiger partial charge in [0.15, 0.2) is 0 Å². The lowest BCUT2D eigenvalue weighted by Gasteiger charge is -2.17. The Morgan fingerprint density at radius 3 is 2.89 bits per heavy atom. The first-order valence-corrected chi connectivity index (χ1v) is 6.03. The quantitative estimate of drug-likeness (QED) is 0.606. The van der Waals surface area contributed by atoms with Gasteiger partial charge in [0.25, 0.3) is 0 Å². The average molecular weight is 246 g/mol. The first-order chi connectivity index (χ1) is 8.76. The minimum atomic E-state index is -0.166. The Kier molecular flexibility index (Phi) is 4.01. The van der Waals surface area contributed by atoms with Crippen molar-refractivity contribution < 1.29 is 0 Å². The standard InChI is InChI=1S/C12H18N6/c1-3-8-18-11(5-7-15-18)12(17-13)10-4-6-14-9(2)16-10/h4-7,12,17H,3,8,13H2,1-2H3. The summed E-state index contributed by atoms with van der Waals surface area (Å²) in [5.74, 6) is 6.39. The van der Waals surface area contributed by atoms with E-state index in [0.29, 0.717) is 0 Å². The number of nitrogens with two attached hydrogens (primary N) is 1. The lowest BCUT2D eigenvalue weighted by molar-refractivity contribution is 0.514. The van der Waals surface area contributed by atoms with Gasteiger partial charge >= 0.3 is 0 Å². The van der Waals surface area contributed by atoms with E-state index in [1.54, 1.807) is 12.4 Å². The Labute approximate surface area is 106 Å². The van der Waals surface area contributed by atoms with Crippen LogP contribution in [0.1, 0.15) is 36.6 Å². The van der Waals surface area contributed by atoms with E-state index in [0.717, 1.165) is 30.2 Å². The molecule has 0 amide bonds. The Morgan fingerprint density at radius 1 is 1.39 bits per heavy atom. The van der Waals surface area contributed by atoms with E-state index in [-0.39, 0.29) is 6.04 Å². The Balaban J connectivity index is 2.36. The largest absolute Gasteiger partial charge is 0.270 e. The number of aromatic nitrogens is 4. The van der Waals surface area contributed by atoms with Crippen molar-refractivity contribution in [2.45, 2.75) is 32.9 Å². The molecule has 3 N–H and O–H groups in total. The van der Waals surface area contributed by atoms with Gasteiger partial charge in [-0.3, -0.25) is 10.5 Å². The van der Waals surface area contributed by atoms with Crippen LogP contribution in [0.4, 0.5) is 0 Å². The monoisotopic (exact) mass is 246 g/mol. The maximum absolute atomic E-state index is 5.66. The molecular formula is C12H18N6. The number of aryl methyl sites for hydroxylation is 2. The van der Waals surface area contributed by atoms with Gasteiger partial charge in [-0.2, -0.15) is 5.10 Å². The summed E-state index contributed by atoms with van der Waals surface area (Å²) < 4.78 is 1.95. The maximum atomic E-state index is 5.66. The second kappa shape index (κ2) is 5.70. The van der Waals surface area contributed by atoms with E-state index in [1.807, 2.05) is 23.7 Å². The van der Waals surface area contributed by atoms with Gasteiger partial charge in [0.05, 0.1) is 11.4 Å². The zero-order valence-corrected chi connectivity index (χ0v) is 10.7. The van der Waals surface area contributed by atoms with E-state index >= 15 is 0 Å². The van der Waals surface area contributed by atoms with Gasteiger partial charge in [-0.15, -0.1) is 0 Å². The highest BCUT2D eigenvalue weighted by molar-refractivity contribution is 5.20. The molecule has 0 fully saturated rings. The molecule has 1 unspecified atom stereocenters. The molecule has 18 heavy (non-hydrogen) atoms. The van der Waals surface area contributed by atoms with Gasteiger partial charge in [-0.05, 0) is 25.5 Å². The number of nitrogens with zero attached hydrogens (tertiary/aromatic N) is 4. The Bertz CT molecular complexity index is 507. The maximum Gasteiger partial charge on any atom is 0.125 e. The zero-order chi connectivity index (χ0) is 13.0. The fraction of sp³-hybridized carbons (Fsp3) is 0.417. The van der Waals surface area contributed by atoms with Crippen molar-refractivity contribution in [1.82, 2.24) is 25.2 Å². The molecule has 6 heteroatoms. The predicted octanol–water partition coefficient (Wildman–Crippen LogP) is 0.944. The van der Waals surface area contributed by atoms with Gasteiger partial charge in [0.1, 0.15) is 11.9 Å². The number of nitrogens with one attached hydrogen (secondary N) is 1. The molecule has 0 spiro atoms.